The van der Waals surface area contributed by atoms with Crippen LogP contribution in [0, 0.1) is 19.3 Å². The van der Waals surface area contributed by atoms with Gasteiger partial charge in [0.15, 0.2) is 0 Å². The van der Waals surface area contributed by atoms with Crippen LogP contribution in [-0.2, 0) is 4.74 Å². The number of benzene rings is 1. The normalized spacial score (nSPS) is 11.7. The summed E-state index contributed by atoms with van der Waals surface area (Å²) in [5.41, 5.74) is 2.77. The van der Waals surface area contributed by atoms with E-state index in [1.54, 1.807) is 7.11 Å². The summed E-state index contributed by atoms with van der Waals surface area (Å²) >= 11 is 0. The van der Waals surface area contributed by atoms with Gasteiger partial charge in [0.25, 0.3) is 0 Å². The van der Waals surface area contributed by atoms with Gasteiger partial charge in [-0.15, -0.1) is 0 Å². The van der Waals surface area contributed by atoms with Crippen molar-refractivity contribution in [2.75, 3.05) is 33.4 Å². The molecule has 3 nitrogen and oxygen atoms in total. The zero-order valence-electron chi connectivity index (χ0n) is 15.0. The highest BCUT2D eigenvalue weighted by molar-refractivity contribution is 5.35. The number of hydrogen-bond acceptors (Lipinski definition) is 3. The number of rotatable bonds is 11. The Bertz CT molecular complexity index is 429. The van der Waals surface area contributed by atoms with Crippen LogP contribution in [0.25, 0.3) is 0 Å². The van der Waals surface area contributed by atoms with Gasteiger partial charge >= 0.3 is 0 Å². The van der Waals surface area contributed by atoms with Crippen molar-refractivity contribution < 1.29 is 9.47 Å². The Hall–Kier alpha value is -1.06. The molecule has 0 fully saturated rings. The van der Waals surface area contributed by atoms with Crippen LogP contribution >= 0.6 is 0 Å². The molecule has 0 saturated heterocycles. The van der Waals surface area contributed by atoms with E-state index in [9.17, 15) is 0 Å². The molecule has 0 aromatic heterocycles. The van der Waals surface area contributed by atoms with Crippen LogP contribution in [0.15, 0.2) is 18.2 Å². The molecule has 1 N–H and O–H groups in total. The summed E-state index contributed by atoms with van der Waals surface area (Å²) in [5, 5.41) is 3.51. The number of nitrogens with one attached hydrogen (secondary N) is 1. The second-order valence-corrected chi connectivity index (χ2v) is 6.91. The van der Waals surface area contributed by atoms with E-state index in [1.165, 1.54) is 11.1 Å². The van der Waals surface area contributed by atoms with Gasteiger partial charge in [-0.3, -0.25) is 0 Å². The van der Waals surface area contributed by atoms with Crippen LogP contribution in [0.2, 0.25) is 0 Å². The van der Waals surface area contributed by atoms with E-state index in [2.05, 4.69) is 51.2 Å². The molecule has 3 heteroatoms. The van der Waals surface area contributed by atoms with Gasteiger partial charge in [-0.05, 0) is 62.3 Å². The van der Waals surface area contributed by atoms with E-state index < -0.39 is 0 Å². The van der Waals surface area contributed by atoms with E-state index in [4.69, 9.17) is 9.47 Å². The van der Waals surface area contributed by atoms with Gasteiger partial charge in [-0.25, -0.2) is 0 Å². The van der Waals surface area contributed by atoms with Gasteiger partial charge in [-0.2, -0.15) is 0 Å². The van der Waals surface area contributed by atoms with Gasteiger partial charge in [0.1, 0.15) is 5.75 Å². The molecule has 0 bridgehead atoms. The summed E-state index contributed by atoms with van der Waals surface area (Å²) in [7, 11) is 1.75. The topological polar surface area (TPSA) is 30.5 Å². The Morgan fingerprint density at radius 1 is 1.09 bits per heavy atom. The predicted molar refractivity (Wildman–Crippen MR) is 93.8 cm³/mol. The molecular weight excluding hydrogens is 274 g/mol. The van der Waals surface area contributed by atoms with Crippen molar-refractivity contribution >= 4 is 0 Å². The molecule has 0 unspecified atom stereocenters. The Morgan fingerprint density at radius 3 is 2.59 bits per heavy atom. The van der Waals surface area contributed by atoms with Crippen molar-refractivity contribution in [2.24, 2.45) is 5.41 Å². The Balaban J connectivity index is 2.20. The lowest BCUT2D eigenvalue weighted by atomic mass is 9.88. The van der Waals surface area contributed by atoms with Crippen LogP contribution in [0.4, 0.5) is 0 Å². The first-order chi connectivity index (χ1) is 10.4. The standard InChI is InChI=1S/C19H33NO2/c1-16-8-9-17(2)18(14-16)22-13-6-10-19(3,4)15-20-11-7-12-21-5/h8-9,14,20H,6-7,10-13,15H2,1-5H3. The van der Waals surface area contributed by atoms with Gasteiger partial charge in [-0.1, -0.05) is 26.0 Å². The van der Waals surface area contributed by atoms with Gasteiger partial charge in [0.2, 0.25) is 0 Å². The largest absolute Gasteiger partial charge is 0.493 e. The summed E-state index contributed by atoms with van der Waals surface area (Å²) in [4.78, 5) is 0. The second kappa shape index (κ2) is 9.86. The molecule has 126 valence electrons. The lowest BCUT2D eigenvalue weighted by molar-refractivity contribution is 0.191. The highest BCUT2D eigenvalue weighted by Crippen LogP contribution is 2.23. The fourth-order valence-electron chi connectivity index (χ4n) is 2.45. The molecule has 1 rings (SSSR count). The maximum atomic E-state index is 5.93. The van der Waals surface area contributed by atoms with Crippen molar-refractivity contribution in [1.29, 1.82) is 0 Å². The smallest absolute Gasteiger partial charge is 0.122 e. The van der Waals surface area contributed by atoms with E-state index >= 15 is 0 Å². The van der Waals surface area contributed by atoms with Crippen LogP contribution in [0.1, 0.15) is 44.2 Å². The van der Waals surface area contributed by atoms with Crippen molar-refractivity contribution in [2.45, 2.75) is 47.0 Å². The van der Waals surface area contributed by atoms with Crippen LogP contribution < -0.4 is 10.1 Å². The van der Waals surface area contributed by atoms with E-state index in [-0.39, 0.29) is 0 Å². The van der Waals surface area contributed by atoms with Crippen molar-refractivity contribution in [3.05, 3.63) is 29.3 Å². The number of ether oxygens (including phenoxy) is 2. The average Bonchev–Trinajstić information content (AvgIpc) is 2.47. The Morgan fingerprint density at radius 2 is 1.86 bits per heavy atom. The fraction of sp³-hybridized carbons (Fsp3) is 0.684. The van der Waals surface area contributed by atoms with Crippen molar-refractivity contribution in [3.8, 4) is 5.75 Å². The monoisotopic (exact) mass is 307 g/mol. The van der Waals surface area contributed by atoms with E-state index in [1.807, 2.05) is 0 Å². The van der Waals surface area contributed by atoms with E-state index in [0.717, 1.165) is 51.3 Å². The van der Waals surface area contributed by atoms with Crippen LogP contribution in [0.3, 0.4) is 0 Å². The summed E-state index contributed by atoms with van der Waals surface area (Å²) in [5.74, 6) is 1.02. The molecule has 1 aromatic carbocycles. The minimum absolute atomic E-state index is 0.304. The molecule has 0 radical (unpaired) electrons. The van der Waals surface area contributed by atoms with Gasteiger partial charge in [0.05, 0.1) is 6.61 Å². The first-order valence-corrected chi connectivity index (χ1v) is 8.34. The summed E-state index contributed by atoms with van der Waals surface area (Å²) < 4.78 is 11.0. The van der Waals surface area contributed by atoms with Crippen LogP contribution in [-0.4, -0.2) is 33.4 Å². The SMILES string of the molecule is COCCCNCC(C)(C)CCCOc1cc(C)ccc1C. The molecule has 1 aromatic rings. The lowest BCUT2D eigenvalue weighted by Gasteiger charge is -2.25. The molecule has 0 atom stereocenters. The first-order valence-electron chi connectivity index (χ1n) is 8.34. The highest BCUT2D eigenvalue weighted by Gasteiger charge is 2.16. The maximum absolute atomic E-state index is 5.93. The maximum Gasteiger partial charge on any atom is 0.122 e. The predicted octanol–water partition coefficient (Wildman–Crippen LogP) is 4.11. The lowest BCUT2D eigenvalue weighted by Crippen LogP contribution is -2.30. The van der Waals surface area contributed by atoms with Crippen LogP contribution in [0.5, 0.6) is 5.75 Å². The average molecular weight is 307 g/mol. The Kier molecular flexibility index (Phi) is 8.51. The van der Waals surface area contributed by atoms with Crippen molar-refractivity contribution in [3.63, 3.8) is 0 Å². The first kappa shape index (κ1) is 19.0. The number of hydrogen-bond donors (Lipinski definition) is 1. The highest BCUT2D eigenvalue weighted by atomic mass is 16.5. The van der Waals surface area contributed by atoms with Crippen molar-refractivity contribution in [1.82, 2.24) is 5.32 Å². The third kappa shape index (κ3) is 7.81. The molecule has 22 heavy (non-hydrogen) atoms. The zero-order chi connectivity index (χ0) is 16.4. The van der Waals surface area contributed by atoms with Gasteiger partial charge in [0, 0.05) is 20.3 Å². The van der Waals surface area contributed by atoms with E-state index in [0.29, 0.717) is 5.41 Å². The molecular formula is C19H33NO2. The second-order valence-electron chi connectivity index (χ2n) is 6.91. The third-order valence-electron chi connectivity index (χ3n) is 3.90. The molecule has 0 spiro atoms. The minimum Gasteiger partial charge on any atom is -0.493 e. The molecule has 0 saturated carbocycles. The van der Waals surface area contributed by atoms with Gasteiger partial charge < -0.3 is 14.8 Å². The molecule has 0 amide bonds. The zero-order valence-corrected chi connectivity index (χ0v) is 15.0. The summed E-state index contributed by atoms with van der Waals surface area (Å²) in [6, 6.07) is 6.37. The molecule has 0 aliphatic heterocycles. The quantitative estimate of drug-likeness (QED) is 0.624. The number of methoxy groups -OCH3 is 1. The minimum atomic E-state index is 0.304. The fourth-order valence-corrected chi connectivity index (χ4v) is 2.45. The number of aryl methyl sites for hydroxylation is 2. The summed E-state index contributed by atoms with van der Waals surface area (Å²) in [6.07, 6.45) is 3.32. The third-order valence-corrected chi connectivity index (χ3v) is 3.90. The molecule has 0 aliphatic carbocycles. The summed E-state index contributed by atoms with van der Waals surface area (Å²) in [6.45, 7) is 12.5. The Labute approximate surface area is 136 Å². The molecule has 0 aliphatic rings. The molecule has 0 heterocycles.